The molecule has 132 valence electrons. The molecule has 4 nitrogen and oxygen atoms in total. The van der Waals surface area contributed by atoms with Gasteiger partial charge < -0.3 is 4.90 Å². The van der Waals surface area contributed by atoms with Gasteiger partial charge in [0.2, 0.25) is 0 Å². The third-order valence-corrected chi connectivity index (χ3v) is 5.52. The van der Waals surface area contributed by atoms with E-state index in [1.807, 2.05) is 23.1 Å². The van der Waals surface area contributed by atoms with Gasteiger partial charge in [-0.2, -0.15) is 0 Å². The first-order chi connectivity index (χ1) is 12.1. The topological polar surface area (TPSA) is 32.3 Å². The highest BCUT2D eigenvalue weighted by atomic mass is 19.3. The Morgan fingerprint density at radius 1 is 1.00 bits per heavy atom. The number of hydrogen-bond acceptors (Lipinski definition) is 4. The number of piperidine rings is 1. The lowest BCUT2D eigenvalue weighted by Gasteiger charge is -2.46. The van der Waals surface area contributed by atoms with Crippen LogP contribution in [-0.4, -0.2) is 47.0 Å². The summed E-state index contributed by atoms with van der Waals surface area (Å²) in [7, 11) is 0. The average Bonchev–Trinajstić information content (AvgIpc) is 3.06. The Morgan fingerprint density at radius 2 is 1.84 bits per heavy atom. The first-order valence-electron chi connectivity index (χ1n) is 8.73. The number of alkyl halides is 2. The molecule has 0 aliphatic carbocycles. The second kappa shape index (κ2) is 6.33. The Kier molecular flexibility index (Phi) is 4.15. The van der Waals surface area contributed by atoms with Crippen molar-refractivity contribution in [3.8, 4) is 0 Å². The van der Waals surface area contributed by atoms with Crippen molar-refractivity contribution in [1.82, 2.24) is 14.9 Å². The van der Waals surface area contributed by atoms with Crippen molar-refractivity contribution < 1.29 is 8.78 Å². The van der Waals surface area contributed by atoms with Crippen LogP contribution in [0.3, 0.4) is 0 Å². The molecule has 1 atom stereocenters. The predicted molar refractivity (Wildman–Crippen MR) is 92.6 cm³/mol. The molecule has 1 unspecified atom stereocenters. The van der Waals surface area contributed by atoms with E-state index in [0.29, 0.717) is 38.4 Å². The quantitative estimate of drug-likeness (QED) is 0.856. The van der Waals surface area contributed by atoms with E-state index >= 15 is 0 Å². The molecular formula is C19H22F2N4. The van der Waals surface area contributed by atoms with E-state index in [4.69, 9.17) is 0 Å². The lowest BCUT2D eigenvalue weighted by molar-refractivity contribution is -0.158. The Hall–Kier alpha value is -2.08. The smallest absolute Gasteiger partial charge is 0.257 e. The zero-order valence-corrected chi connectivity index (χ0v) is 14.1. The van der Waals surface area contributed by atoms with E-state index in [9.17, 15) is 8.78 Å². The molecule has 0 radical (unpaired) electrons. The first kappa shape index (κ1) is 16.4. The molecule has 2 aromatic rings. The van der Waals surface area contributed by atoms with Crippen LogP contribution in [-0.2, 0) is 6.54 Å². The number of likely N-dealkylation sites (tertiary alicyclic amines) is 1. The molecule has 2 aliphatic rings. The van der Waals surface area contributed by atoms with Gasteiger partial charge in [-0.15, -0.1) is 0 Å². The molecule has 6 heteroatoms. The van der Waals surface area contributed by atoms with Crippen molar-refractivity contribution in [3.63, 3.8) is 0 Å². The van der Waals surface area contributed by atoms with Gasteiger partial charge in [-0.1, -0.05) is 30.3 Å². The first-order valence-corrected chi connectivity index (χ1v) is 8.73. The van der Waals surface area contributed by atoms with Crippen molar-refractivity contribution in [3.05, 3.63) is 54.5 Å². The van der Waals surface area contributed by atoms with E-state index in [0.717, 1.165) is 6.54 Å². The molecule has 1 aromatic carbocycles. The van der Waals surface area contributed by atoms with Gasteiger partial charge in [0.25, 0.3) is 5.92 Å². The molecule has 2 saturated heterocycles. The fourth-order valence-corrected chi connectivity index (χ4v) is 4.11. The van der Waals surface area contributed by atoms with Crippen molar-refractivity contribution in [1.29, 1.82) is 0 Å². The molecular weight excluding hydrogens is 322 g/mol. The van der Waals surface area contributed by atoms with Crippen LogP contribution in [0.5, 0.6) is 0 Å². The van der Waals surface area contributed by atoms with Crippen molar-refractivity contribution in [2.45, 2.75) is 25.3 Å². The summed E-state index contributed by atoms with van der Waals surface area (Å²) in [5.74, 6) is -1.95. The Morgan fingerprint density at radius 3 is 2.60 bits per heavy atom. The summed E-state index contributed by atoms with van der Waals surface area (Å²) < 4.78 is 29.8. The molecule has 0 bridgehead atoms. The maximum atomic E-state index is 14.9. The second-order valence-electron chi connectivity index (χ2n) is 7.17. The van der Waals surface area contributed by atoms with Crippen LogP contribution >= 0.6 is 0 Å². The van der Waals surface area contributed by atoms with Gasteiger partial charge >= 0.3 is 0 Å². The second-order valence-corrected chi connectivity index (χ2v) is 7.17. The molecule has 25 heavy (non-hydrogen) atoms. The standard InChI is InChI=1S/C19H22F2N4/c20-19(21)7-10-24(13-16-4-2-1-3-5-16)14-18(19)6-11-25(15-18)17-12-22-8-9-23-17/h1-5,8-9,12H,6-7,10-11,13-15H2. The molecule has 1 spiro atoms. The molecule has 2 fully saturated rings. The zero-order valence-electron chi connectivity index (χ0n) is 14.1. The van der Waals surface area contributed by atoms with Gasteiger partial charge in [-0.25, -0.2) is 13.8 Å². The van der Waals surface area contributed by atoms with Crippen molar-refractivity contribution in [2.24, 2.45) is 5.41 Å². The minimum absolute atomic E-state index is 0.0753. The number of halogens is 2. The fraction of sp³-hybridized carbons (Fsp3) is 0.474. The average molecular weight is 344 g/mol. The van der Waals surface area contributed by atoms with Crippen molar-refractivity contribution in [2.75, 3.05) is 31.1 Å². The summed E-state index contributed by atoms with van der Waals surface area (Å²) in [5.41, 5.74) is 0.170. The van der Waals surface area contributed by atoms with Crippen LogP contribution in [0, 0.1) is 5.41 Å². The van der Waals surface area contributed by atoms with E-state index in [2.05, 4.69) is 27.0 Å². The highest BCUT2D eigenvalue weighted by Crippen LogP contribution is 2.50. The normalized spacial score (nSPS) is 26.2. The van der Waals surface area contributed by atoms with Gasteiger partial charge in [-0.3, -0.25) is 9.88 Å². The summed E-state index contributed by atoms with van der Waals surface area (Å²) in [4.78, 5) is 12.5. The van der Waals surface area contributed by atoms with E-state index in [-0.39, 0.29) is 6.42 Å². The maximum absolute atomic E-state index is 14.9. The molecule has 1 aromatic heterocycles. The predicted octanol–water partition coefficient (Wildman–Crippen LogP) is 3.21. The van der Waals surface area contributed by atoms with E-state index in [1.165, 1.54) is 5.56 Å². The monoisotopic (exact) mass is 344 g/mol. The summed E-state index contributed by atoms with van der Waals surface area (Å²) in [6.07, 6.45) is 5.28. The number of aromatic nitrogens is 2. The zero-order chi connectivity index (χ0) is 17.3. The third kappa shape index (κ3) is 3.11. The Bertz CT molecular complexity index is 710. The summed E-state index contributed by atoms with van der Waals surface area (Å²) in [6, 6.07) is 10.1. The molecule has 0 N–H and O–H groups in total. The number of hydrogen-bond donors (Lipinski definition) is 0. The molecule has 0 saturated carbocycles. The number of rotatable bonds is 3. The maximum Gasteiger partial charge on any atom is 0.257 e. The van der Waals surface area contributed by atoms with Crippen LogP contribution in [0.2, 0.25) is 0 Å². The number of anilines is 1. The summed E-state index contributed by atoms with van der Waals surface area (Å²) >= 11 is 0. The lowest BCUT2D eigenvalue weighted by atomic mass is 9.75. The van der Waals surface area contributed by atoms with Gasteiger partial charge in [0.05, 0.1) is 11.6 Å². The van der Waals surface area contributed by atoms with Gasteiger partial charge in [-0.05, 0) is 12.0 Å². The van der Waals surface area contributed by atoms with E-state index in [1.54, 1.807) is 18.6 Å². The van der Waals surface area contributed by atoms with Crippen LogP contribution in [0.1, 0.15) is 18.4 Å². The third-order valence-electron chi connectivity index (χ3n) is 5.52. The highest BCUT2D eigenvalue weighted by Gasteiger charge is 2.59. The molecule has 3 heterocycles. The van der Waals surface area contributed by atoms with Crippen molar-refractivity contribution >= 4 is 5.82 Å². The molecule has 0 amide bonds. The molecule has 2 aliphatic heterocycles. The minimum Gasteiger partial charge on any atom is -0.354 e. The minimum atomic E-state index is -2.64. The number of nitrogens with zero attached hydrogens (tertiary/aromatic N) is 4. The van der Waals surface area contributed by atoms with Gasteiger partial charge in [0.15, 0.2) is 0 Å². The van der Waals surface area contributed by atoms with Crippen LogP contribution in [0.15, 0.2) is 48.9 Å². The largest absolute Gasteiger partial charge is 0.354 e. The van der Waals surface area contributed by atoms with Gasteiger partial charge in [0.1, 0.15) is 5.82 Å². The summed E-state index contributed by atoms with van der Waals surface area (Å²) in [5, 5.41) is 0. The lowest BCUT2D eigenvalue weighted by Crippen LogP contribution is -2.56. The number of benzene rings is 1. The van der Waals surface area contributed by atoms with E-state index < -0.39 is 11.3 Å². The highest BCUT2D eigenvalue weighted by molar-refractivity contribution is 5.38. The SMILES string of the molecule is FC1(F)CCN(Cc2ccccc2)CC12CCN(c1cnccn1)C2. The fourth-order valence-electron chi connectivity index (χ4n) is 4.11. The summed E-state index contributed by atoms with van der Waals surface area (Å²) in [6.45, 7) is 2.53. The Balaban J connectivity index is 1.52. The van der Waals surface area contributed by atoms with Crippen LogP contribution < -0.4 is 4.90 Å². The van der Waals surface area contributed by atoms with Gasteiger partial charge in [0, 0.05) is 51.5 Å². The van der Waals surface area contributed by atoms with Crippen LogP contribution in [0.4, 0.5) is 14.6 Å². The Labute approximate surface area is 146 Å². The van der Waals surface area contributed by atoms with Crippen LogP contribution in [0.25, 0.3) is 0 Å². The molecule has 4 rings (SSSR count).